The van der Waals surface area contributed by atoms with E-state index < -0.39 is 5.60 Å². The maximum atomic E-state index is 11.4. The Bertz CT molecular complexity index is 431. The van der Waals surface area contributed by atoms with E-state index in [0.717, 1.165) is 24.0 Å². The van der Waals surface area contributed by atoms with Gasteiger partial charge in [-0.2, -0.15) is 0 Å². The van der Waals surface area contributed by atoms with Crippen molar-refractivity contribution in [3.05, 3.63) is 35.4 Å². The summed E-state index contributed by atoms with van der Waals surface area (Å²) in [5.41, 5.74) is 7.36. The maximum Gasteiger partial charge on any atom is 0.0939 e. The van der Waals surface area contributed by atoms with Gasteiger partial charge in [0.2, 0.25) is 0 Å². The van der Waals surface area contributed by atoms with Crippen LogP contribution in [0.2, 0.25) is 0 Å². The van der Waals surface area contributed by atoms with Crippen molar-refractivity contribution in [3.8, 4) is 0 Å². The van der Waals surface area contributed by atoms with Gasteiger partial charge in [-0.05, 0) is 37.8 Å². The van der Waals surface area contributed by atoms with Crippen molar-refractivity contribution in [2.75, 3.05) is 6.54 Å². The van der Waals surface area contributed by atoms with Crippen LogP contribution in [-0.2, 0) is 5.60 Å². The van der Waals surface area contributed by atoms with E-state index in [2.05, 4.69) is 19.1 Å². The lowest BCUT2D eigenvalue weighted by molar-refractivity contribution is -0.0868. The second-order valence-electron chi connectivity index (χ2n) is 6.64. The molecule has 0 bridgehead atoms. The monoisotopic (exact) mass is 275 g/mol. The van der Waals surface area contributed by atoms with Crippen LogP contribution in [0.25, 0.3) is 0 Å². The molecule has 0 aliphatic heterocycles. The van der Waals surface area contributed by atoms with Crippen molar-refractivity contribution >= 4 is 0 Å². The van der Waals surface area contributed by atoms with Gasteiger partial charge < -0.3 is 10.8 Å². The molecule has 2 heteroatoms. The summed E-state index contributed by atoms with van der Waals surface area (Å²) in [4.78, 5) is 0. The third-order valence-electron chi connectivity index (χ3n) is 5.40. The summed E-state index contributed by atoms with van der Waals surface area (Å²) in [5, 5.41) is 11.4. The van der Waals surface area contributed by atoms with Gasteiger partial charge in [0, 0.05) is 12.0 Å². The summed E-state index contributed by atoms with van der Waals surface area (Å²) >= 11 is 0. The normalized spacial score (nSPS) is 22.6. The van der Waals surface area contributed by atoms with Gasteiger partial charge in [-0.15, -0.1) is 0 Å². The maximum absolute atomic E-state index is 11.4. The van der Waals surface area contributed by atoms with Crippen LogP contribution in [0.3, 0.4) is 0 Å². The highest BCUT2D eigenvalue weighted by Gasteiger charge is 2.47. The number of hydrogen-bond acceptors (Lipinski definition) is 2. The molecule has 0 saturated heterocycles. The molecule has 1 aliphatic rings. The number of rotatable bonds is 3. The van der Waals surface area contributed by atoms with E-state index in [1.807, 2.05) is 19.1 Å². The molecule has 1 saturated carbocycles. The molecule has 1 aromatic rings. The van der Waals surface area contributed by atoms with E-state index in [-0.39, 0.29) is 5.41 Å². The number of hydrogen-bond donors (Lipinski definition) is 2. The molecule has 1 unspecified atom stereocenters. The van der Waals surface area contributed by atoms with E-state index in [4.69, 9.17) is 5.73 Å². The lowest BCUT2D eigenvalue weighted by Crippen LogP contribution is -2.49. The minimum atomic E-state index is -0.843. The molecular weight excluding hydrogens is 246 g/mol. The topological polar surface area (TPSA) is 46.2 Å². The first-order chi connectivity index (χ1) is 9.53. The summed E-state index contributed by atoms with van der Waals surface area (Å²) in [7, 11) is 0. The zero-order chi connectivity index (χ0) is 14.6. The Morgan fingerprint density at radius 3 is 2.20 bits per heavy atom. The lowest BCUT2D eigenvalue weighted by Gasteiger charge is -2.47. The lowest BCUT2D eigenvalue weighted by atomic mass is 9.62. The van der Waals surface area contributed by atoms with E-state index in [0.29, 0.717) is 6.54 Å². The summed E-state index contributed by atoms with van der Waals surface area (Å²) < 4.78 is 0. The van der Waals surface area contributed by atoms with Gasteiger partial charge >= 0.3 is 0 Å². The number of nitrogens with two attached hydrogens (primary N) is 1. The van der Waals surface area contributed by atoms with Crippen LogP contribution in [0.15, 0.2) is 24.3 Å². The van der Waals surface area contributed by atoms with E-state index >= 15 is 0 Å². The third kappa shape index (κ3) is 2.77. The Morgan fingerprint density at radius 2 is 1.65 bits per heavy atom. The molecule has 1 aliphatic carbocycles. The average molecular weight is 275 g/mol. The second kappa shape index (κ2) is 6.28. The van der Waals surface area contributed by atoms with Crippen LogP contribution in [0, 0.1) is 12.3 Å². The van der Waals surface area contributed by atoms with Crippen molar-refractivity contribution in [3.63, 3.8) is 0 Å². The van der Waals surface area contributed by atoms with Crippen LogP contribution in [0.5, 0.6) is 0 Å². The highest BCUT2D eigenvalue weighted by Crippen LogP contribution is 2.48. The molecule has 112 valence electrons. The predicted octanol–water partition coefficient (Wildman–Crippen LogP) is 3.89. The number of aliphatic hydroxyl groups is 1. The minimum Gasteiger partial charge on any atom is -0.385 e. The molecule has 3 N–H and O–H groups in total. The third-order valence-corrected chi connectivity index (χ3v) is 5.40. The van der Waals surface area contributed by atoms with Crippen LogP contribution < -0.4 is 5.73 Å². The summed E-state index contributed by atoms with van der Waals surface area (Å²) in [6.45, 7) is 4.62. The molecule has 0 amide bonds. The van der Waals surface area contributed by atoms with Gasteiger partial charge in [0.25, 0.3) is 0 Å². The van der Waals surface area contributed by atoms with Gasteiger partial charge in [-0.3, -0.25) is 0 Å². The zero-order valence-electron chi connectivity index (χ0n) is 13.0. The largest absolute Gasteiger partial charge is 0.385 e. The van der Waals surface area contributed by atoms with Crippen LogP contribution >= 0.6 is 0 Å². The predicted molar refractivity (Wildman–Crippen MR) is 84.6 cm³/mol. The fourth-order valence-corrected chi connectivity index (χ4v) is 3.88. The first-order valence-corrected chi connectivity index (χ1v) is 8.02. The van der Waals surface area contributed by atoms with Crippen LogP contribution in [-0.4, -0.2) is 11.7 Å². The fourth-order valence-electron chi connectivity index (χ4n) is 3.88. The quantitative estimate of drug-likeness (QED) is 0.879. The van der Waals surface area contributed by atoms with Crippen molar-refractivity contribution in [2.24, 2.45) is 11.1 Å². The molecule has 2 rings (SSSR count). The van der Waals surface area contributed by atoms with Gasteiger partial charge in [0.15, 0.2) is 0 Å². The Balaban J connectivity index is 2.39. The fraction of sp³-hybridized carbons (Fsp3) is 0.667. The zero-order valence-corrected chi connectivity index (χ0v) is 13.0. The molecule has 1 fully saturated rings. The van der Waals surface area contributed by atoms with Crippen molar-refractivity contribution in [1.82, 2.24) is 0 Å². The second-order valence-corrected chi connectivity index (χ2v) is 6.64. The van der Waals surface area contributed by atoms with Gasteiger partial charge in [-0.1, -0.05) is 56.4 Å². The number of benzene rings is 1. The molecule has 0 aromatic heterocycles. The molecule has 1 atom stereocenters. The molecule has 20 heavy (non-hydrogen) atoms. The molecule has 0 radical (unpaired) electrons. The highest BCUT2D eigenvalue weighted by atomic mass is 16.3. The van der Waals surface area contributed by atoms with E-state index in [9.17, 15) is 5.11 Å². The summed E-state index contributed by atoms with van der Waals surface area (Å²) in [6, 6.07) is 8.19. The molecular formula is C18H29NO. The van der Waals surface area contributed by atoms with Crippen molar-refractivity contribution < 1.29 is 5.11 Å². The van der Waals surface area contributed by atoms with Crippen LogP contribution in [0.1, 0.15) is 63.0 Å². The molecule has 0 spiro atoms. The first kappa shape index (κ1) is 15.5. The highest BCUT2D eigenvalue weighted by molar-refractivity contribution is 5.33. The van der Waals surface area contributed by atoms with Crippen LogP contribution in [0.4, 0.5) is 0 Å². The molecule has 1 aromatic carbocycles. The summed E-state index contributed by atoms with van der Waals surface area (Å²) in [6.07, 6.45) is 8.29. The van der Waals surface area contributed by atoms with Gasteiger partial charge in [0.1, 0.15) is 0 Å². The molecule has 2 nitrogen and oxygen atoms in total. The van der Waals surface area contributed by atoms with E-state index in [1.54, 1.807) is 0 Å². The average Bonchev–Trinajstić information content (AvgIpc) is 2.39. The van der Waals surface area contributed by atoms with Gasteiger partial charge in [0.05, 0.1) is 5.60 Å². The van der Waals surface area contributed by atoms with Crippen molar-refractivity contribution in [2.45, 2.75) is 64.4 Å². The minimum absolute atomic E-state index is 0.181. The Labute approximate surface area is 123 Å². The Morgan fingerprint density at radius 1 is 1.10 bits per heavy atom. The van der Waals surface area contributed by atoms with Gasteiger partial charge in [-0.25, -0.2) is 0 Å². The van der Waals surface area contributed by atoms with E-state index in [1.165, 1.54) is 32.1 Å². The first-order valence-electron chi connectivity index (χ1n) is 8.02. The summed E-state index contributed by atoms with van der Waals surface area (Å²) in [5.74, 6) is 0. The Hall–Kier alpha value is -0.860. The molecule has 0 heterocycles. The smallest absolute Gasteiger partial charge is 0.0939 e. The standard InChI is InChI=1S/C18H29NO/c1-15-10-6-7-11-16(15)17(2,20)18(14-19)12-8-4-3-5-9-13-18/h6-7,10-11,20H,3-5,8-9,12-14,19H2,1-2H3. The Kier molecular flexibility index (Phi) is 4.87. The number of aryl methyl sites for hydroxylation is 1. The van der Waals surface area contributed by atoms with Crippen molar-refractivity contribution in [1.29, 1.82) is 0 Å². The SMILES string of the molecule is Cc1ccccc1C(C)(O)C1(CN)CCCCCCC1.